The van der Waals surface area contributed by atoms with E-state index in [1.165, 1.54) is 25.7 Å². The van der Waals surface area contributed by atoms with Gasteiger partial charge in [-0.3, -0.25) is 4.90 Å². The average Bonchev–Trinajstić information content (AvgIpc) is 2.23. The van der Waals surface area contributed by atoms with Crippen molar-refractivity contribution in [3.05, 3.63) is 0 Å². The van der Waals surface area contributed by atoms with E-state index in [0.717, 1.165) is 25.6 Å². The molecule has 3 heteroatoms. The van der Waals surface area contributed by atoms with Crippen LogP contribution in [0.15, 0.2) is 0 Å². The molecule has 94 valence electrons. The van der Waals surface area contributed by atoms with E-state index in [1.807, 2.05) is 6.92 Å². The van der Waals surface area contributed by atoms with Crippen LogP contribution in [-0.2, 0) is 4.74 Å². The second-order valence-electron chi connectivity index (χ2n) is 5.64. The number of hydrogen-bond donors (Lipinski definition) is 1. The summed E-state index contributed by atoms with van der Waals surface area (Å²) in [6.45, 7) is 7.36. The van der Waals surface area contributed by atoms with Gasteiger partial charge in [0.1, 0.15) is 0 Å². The lowest BCUT2D eigenvalue weighted by Crippen LogP contribution is -2.52. The van der Waals surface area contributed by atoms with Gasteiger partial charge in [-0.15, -0.1) is 0 Å². The molecule has 1 saturated heterocycles. The van der Waals surface area contributed by atoms with Crippen molar-refractivity contribution in [1.29, 1.82) is 0 Å². The SMILES string of the molecule is CC(N)C1CN(C(C)CC2CCC2)CCO1. The first-order chi connectivity index (χ1) is 7.66. The molecule has 0 radical (unpaired) electrons. The monoisotopic (exact) mass is 226 g/mol. The molecule has 0 spiro atoms. The van der Waals surface area contributed by atoms with E-state index >= 15 is 0 Å². The molecule has 1 heterocycles. The summed E-state index contributed by atoms with van der Waals surface area (Å²) >= 11 is 0. The lowest BCUT2D eigenvalue weighted by Gasteiger charge is -2.40. The number of nitrogens with two attached hydrogens (primary N) is 1. The Labute approximate surface area is 99.3 Å². The van der Waals surface area contributed by atoms with Crippen LogP contribution >= 0.6 is 0 Å². The highest BCUT2D eigenvalue weighted by atomic mass is 16.5. The van der Waals surface area contributed by atoms with Crippen LogP contribution in [0.25, 0.3) is 0 Å². The quantitative estimate of drug-likeness (QED) is 0.791. The lowest BCUT2D eigenvalue weighted by atomic mass is 9.81. The molecular weight excluding hydrogens is 200 g/mol. The Morgan fingerprint density at radius 3 is 2.69 bits per heavy atom. The van der Waals surface area contributed by atoms with Crippen molar-refractivity contribution in [3.63, 3.8) is 0 Å². The van der Waals surface area contributed by atoms with Crippen LogP contribution in [0.5, 0.6) is 0 Å². The normalized spacial score (nSPS) is 32.1. The minimum Gasteiger partial charge on any atom is -0.374 e. The highest BCUT2D eigenvalue weighted by Gasteiger charge is 2.28. The van der Waals surface area contributed by atoms with Gasteiger partial charge in [-0.05, 0) is 26.2 Å². The van der Waals surface area contributed by atoms with Gasteiger partial charge < -0.3 is 10.5 Å². The summed E-state index contributed by atoms with van der Waals surface area (Å²) in [5.41, 5.74) is 5.92. The fourth-order valence-corrected chi connectivity index (χ4v) is 2.77. The van der Waals surface area contributed by atoms with Crippen molar-refractivity contribution in [3.8, 4) is 0 Å². The molecule has 1 saturated carbocycles. The van der Waals surface area contributed by atoms with E-state index in [0.29, 0.717) is 6.04 Å². The first kappa shape index (κ1) is 12.3. The summed E-state index contributed by atoms with van der Waals surface area (Å²) in [7, 11) is 0. The third-order valence-corrected chi connectivity index (χ3v) is 4.23. The van der Waals surface area contributed by atoms with Crippen molar-refractivity contribution in [2.24, 2.45) is 11.7 Å². The van der Waals surface area contributed by atoms with Gasteiger partial charge in [0, 0.05) is 25.2 Å². The van der Waals surface area contributed by atoms with Crippen LogP contribution in [0, 0.1) is 5.92 Å². The third kappa shape index (κ3) is 2.96. The van der Waals surface area contributed by atoms with Crippen molar-refractivity contribution in [2.45, 2.75) is 57.7 Å². The van der Waals surface area contributed by atoms with Crippen LogP contribution in [0.4, 0.5) is 0 Å². The molecular formula is C13H26N2O. The van der Waals surface area contributed by atoms with E-state index in [9.17, 15) is 0 Å². The zero-order valence-electron chi connectivity index (χ0n) is 10.7. The number of morpholine rings is 1. The van der Waals surface area contributed by atoms with E-state index in [1.54, 1.807) is 0 Å². The fraction of sp³-hybridized carbons (Fsp3) is 1.00. The summed E-state index contributed by atoms with van der Waals surface area (Å²) in [6, 6.07) is 0.856. The molecule has 2 aliphatic rings. The predicted octanol–water partition coefficient (Wildman–Crippen LogP) is 1.61. The van der Waals surface area contributed by atoms with E-state index < -0.39 is 0 Å². The molecule has 2 fully saturated rings. The molecule has 2 rings (SSSR count). The van der Waals surface area contributed by atoms with Crippen LogP contribution in [0.3, 0.4) is 0 Å². The Balaban J connectivity index is 1.78. The van der Waals surface area contributed by atoms with Gasteiger partial charge in [0.15, 0.2) is 0 Å². The van der Waals surface area contributed by atoms with Crippen molar-refractivity contribution in [2.75, 3.05) is 19.7 Å². The summed E-state index contributed by atoms with van der Waals surface area (Å²) in [4.78, 5) is 2.57. The molecule has 0 aromatic rings. The molecule has 1 aliphatic heterocycles. The summed E-state index contributed by atoms with van der Waals surface area (Å²) in [6.07, 6.45) is 5.95. The molecule has 2 N–H and O–H groups in total. The summed E-state index contributed by atoms with van der Waals surface area (Å²) in [5, 5.41) is 0. The molecule has 3 unspecified atom stereocenters. The summed E-state index contributed by atoms with van der Waals surface area (Å²) in [5.74, 6) is 0.992. The topological polar surface area (TPSA) is 38.5 Å². The maximum atomic E-state index is 5.92. The third-order valence-electron chi connectivity index (χ3n) is 4.23. The highest BCUT2D eigenvalue weighted by molar-refractivity contribution is 4.83. The number of rotatable bonds is 4. The molecule has 0 amide bonds. The molecule has 0 aromatic heterocycles. The zero-order chi connectivity index (χ0) is 11.5. The number of nitrogens with zero attached hydrogens (tertiary/aromatic N) is 1. The fourth-order valence-electron chi connectivity index (χ4n) is 2.77. The smallest absolute Gasteiger partial charge is 0.0850 e. The van der Waals surface area contributed by atoms with Gasteiger partial charge in [0.25, 0.3) is 0 Å². The Hall–Kier alpha value is -0.120. The van der Waals surface area contributed by atoms with Gasteiger partial charge in [-0.1, -0.05) is 19.3 Å². The molecule has 0 aromatic carbocycles. The first-order valence-electron chi connectivity index (χ1n) is 6.78. The summed E-state index contributed by atoms with van der Waals surface area (Å²) < 4.78 is 5.70. The van der Waals surface area contributed by atoms with E-state index in [4.69, 9.17) is 10.5 Å². The Morgan fingerprint density at radius 1 is 1.38 bits per heavy atom. The maximum absolute atomic E-state index is 5.92. The second kappa shape index (κ2) is 5.48. The van der Waals surface area contributed by atoms with Gasteiger partial charge >= 0.3 is 0 Å². The zero-order valence-corrected chi connectivity index (χ0v) is 10.7. The van der Waals surface area contributed by atoms with Gasteiger partial charge in [-0.25, -0.2) is 0 Å². The van der Waals surface area contributed by atoms with Crippen LogP contribution in [0.2, 0.25) is 0 Å². The van der Waals surface area contributed by atoms with Gasteiger partial charge in [0.05, 0.1) is 12.7 Å². The minimum atomic E-state index is 0.152. The largest absolute Gasteiger partial charge is 0.374 e. The highest BCUT2D eigenvalue weighted by Crippen LogP contribution is 2.31. The molecule has 3 atom stereocenters. The van der Waals surface area contributed by atoms with Crippen molar-refractivity contribution >= 4 is 0 Å². The first-order valence-corrected chi connectivity index (χ1v) is 6.78. The van der Waals surface area contributed by atoms with Gasteiger partial charge in [0.2, 0.25) is 0 Å². The van der Waals surface area contributed by atoms with E-state index in [-0.39, 0.29) is 12.1 Å². The number of hydrogen-bond acceptors (Lipinski definition) is 3. The predicted molar refractivity (Wildman–Crippen MR) is 66.4 cm³/mol. The standard InChI is InChI=1S/C13H26N2O/c1-10(8-12-4-3-5-12)15-6-7-16-13(9-15)11(2)14/h10-13H,3-9,14H2,1-2H3. The average molecular weight is 226 g/mol. The van der Waals surface area contributed by atoms with Crippen LogP contribution in [0.1, 0.15) is 39.5 Å². The van der Waals surface area contributed by atoms with Crippen molar-refractivity contribution < 1.29 is 4.74 Å². The molecule has 1 aliphatic carbocycles. The Morgan fingerprint density at radius 2 is 2.12 bits per heavy atom. The maximum Gasteiger partial charge on any atom is 0.0850 e. The van der Waals surface area contributed by atoms with Crippen LogP contribution in [-0.4, -0.2) is 42.8 Å². The second-order valence-corrected chi connectivity index (χ2v) is 5.64. The Kier molecular flexibility index (Phi) is 4.22. The molecule has 0 bridgehead atoms. The molecule has 3 nitrogen and oxygen atoms in total. The van der Waals surface area contributed by atoms with Gasteiger partial charge in [-0.2, -0.15) is 0 Å². The minimum absolute atomic E-state index is 0.152. The molecule has 16 heavy (non-hydrogen) atoms. The van der Waals surface area contributed by atoms with Crippen molar-refractivity contribution in [1.82, 2.24) is 4.90 Å². The Bertz CT molecular complexity index is 216. The number of ether oxygens (including phenoxy) is 1. The van der Waals surface area contributed by atoms with Crippen LogP contribution < -0.4 is 5.73 Å². The lowest BCUT2D eigenvalue weighted by molar-refractivity contribution is -0.0531. The van der Waals surface area contributed by atoms with E-state index in [2.05, 4.69) is 11.8 Å².